The molecule has 0 amide bonds. The SMILES string of the molecule is CC(C)COc1ccc(Br)c(B(O)O)c1. The third kappa shape index (κ3) is 3.85. The largest absolute Gasteiger partial charge is 0.493 e. The van der Waals surface area contributed by atoms with Gasteiger partial charge in [0, 0.05) is 4.47 Å². The molecule has 0 saturated carbocycles. The number of hydrogen-bond acceptors (Lipinski definition) is 3. The molecule has 1 aromatic carbocycles. The fraction of sp³-hybridized carbons (Fsp3) is 0.400. The summed E-state index contributed by atoms with van der Waals surface area (Å²) in [4.78, 5) is 0. The molecule has 3 nitrogen and oxygen atoms in total. The van der Waals surface area contributed by atoms with Crippen LogP contribution in [0.4, 0.5) is 0 Å². The molecule has 15 heavy (non-hydrogen) atoms. The van der Waals surface area contributed by atoms with Crippen molar-refractivity contribution in [3.63, 3.8) is 0 Å². The van der Waals surface area contributed by atoms with Gasteiger partial charge in [0.2, 0.25) is 0 Å². The minimum absolute atomic E-state index is 0.413. The molecular formula is C10H14BBrO3. The van der Waals surface area contributed by atoms with Gasteiger partial charge in [0.15, 0.2) is 0 Å². The van der Waals surface area contributed by atoms with Crippen LogP contribution in [0.3, 0.4) is 0 Å². The second-order valence-electron chi connectivity index (χ2n) is 3.76. The summed E-state index contributed by atoms with van der Waals surface area (Å²) in [6, 6.07) is 5.15. The summed E-state index contributed by atoms with van der Waals surface area (Å²) < 4.78 is 6.13. The summed E-state index contributed by atoms with van der Waals surface area (Å²) in [6.45, 7) is 4.73. The van der Waals surface area contributed by atoms with Crippen LogP contribution in [0.2, 0.25) is 0 Å². The Kier molecular flexibility index (Phi) is 4.63. The van der Waals surface area contributed by atoms with E-state index in [4.69, 9.17) is 14.8 Å². The van der Waals surface area contributed by atoms with Crippen molar-refractivity contribution in [3.8, 4) is 5.75 Å². The molecule has 0 heterocycles. The van der Waals surface area contributed by atoms with Crippen LogP contribution < -0.4 is 10.2 Å². The van der Waals surface area contributed by atoms with E-state index >= 15 is 0 Å². The van der Waals surface area contributed by atoms with Gasteiger partial charge >= 0.3 is 7.12 Å². The van der Waals surface area contributed by atoms with Gasteiger partial charge in [-0.25, -0.2) is 0 Å². The van der Waals surface area contributed by atoms with Crippen LogP contribution in [-0.4, -0.2) is 23.8 Å². The second-order valence-corrected chi connectivity index (χ2v) is 4.62. The minimum Gasteiger partial charge on any atom is -0.493 e. The predicted octanol–water partition coefficient (Wildman–Crippen LogP) is 1.16. The zero-order valence-corrected chi connectivity index (χ0v) is 10.4. The lowest BCUT2D eigenvalue weighted by atomic mass is 9.80. The molecule has 1 rings (SSSR count). The highest BCUT2D eigenvalue weighted by molar-refractivity contribution is 9.10. The minimum atomic E-state index is -1.48. The number of ether oxygens (including phenoxy) is 1. The highest BCUT2D eigenvalue weighted by Crippen LogP contribution is 2.15. The maximum Gasteiger partial charge on any atom is 0.489 e. The van der Waals surface area contributed by atoms with E-state index in [2.05, 4.69) is 29.8 Å². The van der Waals surface area contributed by atoms with Crippen LogP contribution >= 0.6 is 15.9 Å². The van der Waals surface area contributed by atoms with E-state index < -0.39 is 7.12 Å². The molecular weight excluding hydrogens is 259 g/mol. The Bertz CT molecular complexity index is 328. The van der Waals surface area contributed by atoms with Crippen LogP contribution in [0.5, 0.6) is 5.75 Å². The molecule has 1 aromatic rings. The van der Waals surface area contributed by atoms with E-state index in [1.54, 1.807) is 18.2 Å². The van der Waals surface area contributed by atoms with Gasteiger partial charge in [0.25, 0.3) is 0 Å². The number of rotatable bonds is 4. The lowest BCUT2D eigenvalue weighted by Crippen LogP contribution is -2.31. The summed E-state index contributed by atoms with van der Waals surface area (Å²) in [5, 5.41) is 18.2. The zero-order valence-electron chi connectivity index (χ0n) is 8.77. The summed E-state index contributed by atoms with van der Waals surface area (Å²) in [5.41, 5.74) is 0.413. The number of hydrogen-bond donors (Lipinski definition) is 2. The summed E-state index contributed by atoms with van der Waals surface area (Å²) in [7, 11) is -1.48. The standard InChI is InChI=1S/C10H14BBrO3/c1-7(2)6-15-8-3-4-10(12)9(5-8)11(13)14/h3-5,7,13-14H,6H2,1-2H3. The van der Waals surface area contributed by atoms with Gasteiger partial charge in [-0.15, -0.1) is 0 Å². The van der Waals surface area contributed by atoms with Crippen molar-refractivity contribution in [2.75, 3.05) is 6.61 Å². The molecule has 0 atom stereocenters. The fourth-order valence-electron chi connectivity index (χ4n) is 1.07. The van der Waals surface area contributed by atoms with Crippen molar-refractivity contribution >= 4 is 28.5 Å². The molecule has 0 spiro atoms. The Morgan fingerprint density at radius 2 is 2.07 bits per heavy atom. The molecule has 0 radical (unpaired) electrons. The molecule has 0 aliphatic carbocycles. The lowest BCUT2D eigenvalue weighted by molar-refractivity contribution is 0.271. The lowest BCUT2D eigenvalue weighted by Gasteiger charge is -2.10. The van der Waals surface area contributed by atoms with Crippen molar-refractivity contribution in [1.82, 2.24) is 0 Å². The van der Waals surface area contributed by atoms with Gasteiger partial charge in [-0.3, -0.25) is 0 Å². The van der Waals surface area contributed by atoms with Crippen LogP contribution in [0.1, 0.15) is 13.8 Å². The molecule has 0 saturated heterocycles. The fourth-order valence-corrected chi connectivity index (χ4v) is 1.52. The molecule has 0 unspecified atom stereocenters. The highest BCUT2D eigenvalue weighted by Gasteiger charge is 2.15. The Morgan fingerprint density at radius 3 is 2.60 bits per heavy atom. The average Bonchev–Trinajstić information content (AvgIpc) is 2.16. The monoisotopic (exact) mass is 272 g/mol. The smallest absolute Gasteiger partial charge is 0.489 e. The maximum absolute atomic E-state index is 9.08. The van der Waals surface area contributed by atoms with E-state index in [0.717, 1.165) is 0 Å². The number of benzene rings is 1. The summed E-state index contributed by atoms with van der Waals surface area (Å²) in [5.74, 6) is 1.09. The molecule has 2 N–H and O–H groups in total. The Balaban J connectivity index is 2.78. The average molecular weight is 273 g/mol. The van der Waals surface area contributed by atoms with Crippen LogP contribution in [0, 0.1) is 5.92 Å². The molecule has 5 heteroatoms. The predicted molar refractivity (Wildman–Crippen MR) is 64.3 cm³/mol. The Morgan fingerprint density at radius 1 is 1.40 bits per heavy atom. The van der Waals surface area contributed by atoms with Gasteiger partial charge < -0.3 is 14.8 Å². The maximum atomic E-state index is 9.08. The van der Waals surface area contributed by atoms with Crippen molar-refractivity contribution in [3.05, 3.63) is 22.7 Å². The van der Waals surface area contributed by atoms with E-state index in [9.17, 15) is 0 Å². The first-order chi connectivity index (χ1) is 7.00. The van der Waals surface area contributed by atoms with E-state index in [1.807, 2.05) is 0 Å². The second kappa shape index (κ2) is 5.54. The normalized spacial score (nSPS) is 10.5. The van der Waals surface area contributed by atoms with Gasteiger partial charge in [-0.05, 0) is 29.6 Å². The highest BCUT2D eigenvalue weighted by atomic mass is 79.9. The van der Waals surface area contributed by atoms with Gasteiger partial charge in [0.05, 0.1) is 6.61 Å². The quantitative estimate of drug-likeness (QED) is 0.809. The van der Waals surface area contributed by atoms with Crippen LogP contribution in [0.25, 0.3) is 0 Å². The Labute approximate surface area is 98.4 Å². The summed E-state index contributed by atoms with van der Waals surface area (Å²) >= 11 is 3.24. The molecule has 0 bridgehead atoms. The van der Waals surface area contributed by atoms with Gasteiger partial charge in [-0.2, -0.15) is 0 Å². The molecule has 0 aliphatic rings. The van der Waals surface area contributed by atoms with E-state index in [1.165, 1.54) is 0 Å². The molecule has 82 valence electrons. The van der Waals surface area contributed by atoms with Crippen LogP contribution in [0.15, 0.2) is 22.7 Å². The first-order valence-electron chi connectivity index (χ1n) is 4.79. The van der Waals surface area contributed by atoms with E-state index in [0.29, 0.717) is 28.2 Å². The Hall–Kier alpha value is -0.515. The molecule has 0 aromatic heterocycles. The first kappa shape index (κ1) is 12.6. The van der Waals surface area contributed by atoms with Gasteiger partial charge in [-0.1, -0.05) is 29.8 Å². The number of halogens is 1. The topological polar surface area (TPSA) is 49.7 Å². The first-order valence-corrected chi connectivity index (χ1v) is 5.58. The zero-order chi connectivity index (χ0) is 11.4. The third-order valence-corrected chi connectivity index (χ3v) is 2.55. The molecule has 0 aliphatic heterocycles. The third-order valence-electron chi connectivity index (χ3n) is 1.83. The van der Waals surface area contributed by atoms with Crippen LogP contribution in [-0.2, 0) is 0 Å². The van der Waals surface area contributed by atoms with Crippen molar-refractivity contribution < 1.29 is 14.8 Å². The van der Waals surface area contributed by atoms with Crippen molar-refractivity contribution in [2.45, 2.75) is 13.8 Å². The summed E-state index contributed by atoms with van der Waals surface area (Å²) in [6.07, 6.45) is 0. The van der Waals surface area contributed by atoms with Crippen molar-refractivity contribution in [2.24, 2.45) is 5.92 Å². The van der Waals surface area contributed by atoms with Gasteiger partial charge in [0.1, 0.15) is 5.75 Å². The molecule has 0 fully saturated rings. The van der Waals surface area contributed by atoms with E-state index in [-0.39, 0.29) is 0 Å². The van der Waals surface area contributed by atoms with Crippen molar-refractivity contribution in [1.29, 1.82) is 0 Å².